The van der Waals surface area contributed by atoms with Gasteiger partial charge in [-0.2, -0.15) is 0 Å². The number of rotatable bonds is 6. The zero-order chi connectivity index (χ0) is 19.5. The van der Waals surface area contributed by atoms with Gasteiger partial charge in [-0.1, -0.05) is 0 Å². The summed E-state index contributed by atoms with van der Waals surface area (Å²) in [5, 5.41) is 11.4. The largest absolute Gasteiger partial charge is 0.480 e. The molecular weight excluding hydrogens is 358 g/mol. The van der Waals surface area contributed by atoms with Crippen molar-refractivity contribution in [1.82, 2.24) is 9.62 Å². The van der Waals surface area contributed by atoms with Gasteiger partial charge >= 0.3 is 5.97 Å². The van der Waals surface area contributed by atoms with Gasteiger partial charge in [0.1, 0.15) is 6.04 Å². The van der Waals surface area contributed by atoms with Crippen molar-refractivity contribution >= 4 is 27.6 Å². The molecule has 1 fully saturated rings. The van der Waals surface area contributed by atoms with E-state index in [9.17, 15) is 18.0 Å². The fraction of sp³-hybridized carbons (Fsp3) is 0.529. The first-order chi connectivity index (χ1) is 12.1. The predicted octanol–water partition coefficient (Wildman–Crippen LogP) is 1.13. The molecule has 1 aromatic rings. The summed E-state index contributed by atoms with van der Waals surface area (Å²) in [5.74, 6) is -1.76. The van der Waals surface area contributed by atoms with Crippen LogP contribution in [0.3, 0.4) is 0 Å². The molecule has 1 aliphatic heterocycles. The van der Waals surface area contributed by atoms with Crippen molar-refractivity contribution in [2.75, 3.05) is 32.1 Å². The van der Waals surface area contributed by atoms with Crippen molar-refractivity contribution in [1.29, 1.82) is 0 Å². The minimum atomic E-state index is -3.71. The van der Waals surface area contributed by atoms with Crippen LogP contribution in [0.4, 0.5) is 5.69 Å². The summed E-state index contributed by atoms with van der Waals surface area (Å²) in [4.78, 5) is 25.7. The highest BCUT2D eigenvalue weighted by atomic mass is 32.2. The normalized spacial score (nSPS) is 16.4. The lowest BCUT2D eigenvalue weighted by atomic mass is 10.1. The number of piperidine rings is 1. The molecule has 1 aliphatic rings. The molecule has 1 heterocycles. The molecule has 9 heteroatoms. The first-order valence-corrected chi connectivity index (χ1v) is 9.94. The maximum absolute atomic E-state index is 12.7. The maximum Gasteiger partial charge on any atom is 0.325 e. The molecule has 0 bridgehead atoms. The molecule has 1 saturated heterocycles. The molecule has 0 radical (unpaired) electrons. The number of carboxylic acids is 1. The van der Waals surface area contributed by atoms with Gasteiger partial charge in [0.05, 0.1) is 10.5 Å². The molecule has 0 aromatic heterocycles. The van der Waals surface area contributed by atoms with E-state index >= 15 is 0 Å². The highest BCUT2D eigenvalue weighted by Crippen LogP contribution is 2.28. The first kappa shape index (κ1) is 20.2. The predicted molar refractivity (Wildman–Crippen MR) is 97.9 cm³/mol. The van der Waals surface area contributed by atoms with Crippen molar-refractivity contribution in [2.24, 2.45) is 0 Å². The second-order valence-electron chi connectivity index (χ2n) is 6.55. The molecule has 1 amide bonds. The zero-order valence-electron chi connectivity index (χ0n) is 15.2. The van der Waals surface area contributed by atoms with Crippen LogP contribution in [0.5, 0.6) is 0 Å². The quantitative estimate of drug-likeness (QED) is 0.763. The summed E-state index contributed by atoms with van der Waals surface area (Å²) < 4.78 is 25.9. The van der Waals surface area contributed by atoms with Gasteiger partial charge in [-0.15, -0.1) is 0 Å². The van der Waals surface area contributed by atoms with E-state index in [4.69, 9.17) is 5.11 Å². The Labute approximate surface area is 153 Å². The number of carboxylic acid groups (broad SMARTS) is 1. The van der Waals surface area contributed by atoms with Crippen molar-refractivity contribution in [3.8, 4) is 0 Å². The third kappa shape index (κ3) is 4.34. The Balaban J connectivity index is 2.48. The smallest absolute Gasteiger partial charge is 0.325 e. The number of anilines is 1. The monoisotopic (exact) mass is 383 g/mol. The minimum absolute atomic E-state index is 0.00334. The molecule has 1 aromatic carbocycles. The molecule has 1 atom stereocenters. The molecule has 0 saturated carbocycles. The van der Waals surface area contributed by atoms with Crippen LogP contribution in [0, 0.1) is 0 Å². The van der Waals surface area contributed by atoms with E-state index in [1.54, 1.807) is 6.07 Å². The molecule has 2 N–H and O–H groups in total. The van der Waals surface area contributed by atoms with Gasteiger partial charge in [0.2, 0.25) is 10.0 Å². The number of benzene rings is 1. The van der Waals surface area contributed by atoms with Crippen LogP contribution in [-0.2, 0) is 14.8 Å². The van der Waals surface area contributed by atoms with E-state index in [2.05, 4.69) is 5.32 Å². The molecular formula is C17H25N3O5S. The fourth-order valence-corrected chi connectivity index (χ4v) is 3.74. The van der Waals surface area contributed by atoms with Crippen LogP contribution in [-0.4, -0.2) is 62.9 Å². The van der Waals surface area contributed by atoms with Crippen LogP contribution >= 0.6 is 0 Å². The summed E-state index contributed by atoms with van der Waals surface area (Å²) in [6.07, 6.45) is 3.09. The molecule has 0 unspecified atom stereocenters. The number of sulfonamides is 1. The Hall–Kier alpha value is -2.13. The maximum atomic E-state index is 12.7. The van der Waals surface area contributed by atoms with Crippen molar-refractivity contribution < 1.29 is 23.1 Å². The Bertz CT molecular complexity index is 786. The van der Waals surface area contributed by atoms with Crippen molar-refractivity contribution in [2.45, 2.75) is 37.1 Å². The van der Waals surface area contributed by atoms with E-state index in [1.807, 2.05) is 4.90 Å². The number of hydrogen-bond acceptors (Lipinski definition) is 5. The van der Waals surface area contributed by atoms with Gasteiger partial charge in [-0.25, -0.2) is 12.7 Å². The van der Waals surface area contributed by atoms with Crippen LogP contribution < -0.4 is 10.2 Å². The average molecular weight is 383 g/mol. The standard InChI is InChI=1S/C17H25N3O5S/c1-12(17(22)23)18-16(21)14-11-13(26(24,25)19(2)3)7-8-15(14)20-9-5-4-6-10-20/h7-8,11-12H,4-6,9-10H2,1-3H3,(H,18,21)(H,22,23)/t12-/m1/s1. The number of hydrogen-bond donors (Lipinski definition) is 2. The van der Waals surface area contributed by atoms with E-state index in [0.29, 0.717) is 5.69 Å². The van der Waals surface area contributed by atoms with Gasteiger partial charge in [0.25, 0.3) is 5.91 Å². The van der Waals surface area contributed by atoms with Gasteiger partial charge in [-0.3, -0.25) is 9.59 Å². The lowest BCUT2D eigenvalue weighted by Gasteiger charge is -2.30. The second-order valence-corrected chi connectivity index (χ2v) is 8.70. The van der Waals surface area contributed by atoms with Crippen molar-refractivity contribution in [3.05, 3.63) is 23.8 Å². The van der Waals surface area contributed by atoms with E-state index in [1.165, 1.54) is 33.2 Å². The lowest BCUT2D eigenvalue weighted by molar-refractivity contribution is -0.138. The van der Waals surface area contributed by atoms with E-state index in [0.717, 1.165) is 36.7 Å². The summed E-state index contributed by atoms with van der Waals surface area (Å²) in [6, 6.07) is 3.35. The number of aliphatic carboxylic acids is 1. The lowest BCUT2D eigenvalue weighted by Crippen LogP contribution is -2.39. The topological polar surface area (TPSA) is 107 Å². The van der Waals surface area contributed by atoms with Gasteiger partial charge in [0, 0.05) is 32.9 Å². The molecule has 144 valence electrons. The number of amides is 1. The van der Waals surface area contributed by atoms with Gasteiger partial charge < -0.3 is 15.3 Å². The molecule has 26 heavy (non-hydrogen) atoms. The second kappa shape index (κ2) is 8.05. The fourth-order valence-electron chi connectivity index (χ4n) is 2.81. The Kier molecular flexibility index (Phi) is 6.25. The van der Waals surface area contributed by atoms with E-state index < -0.39 is 27.9 Å². The molecule has 8 nitrogen and oxygen atoms in total. The van der Waals surface area contributed by atoms with Gasteiger partial charge in [0.15, 0.2) is 0 Å². The van der Waals surface area contributed by atoms with Crippen LogP contribution in [0.25, 0.3) is 0 Å². The molecule has 2 rings (SSSR count). The SMILES string of the molecule is C[C@@H](NC(=O)c1cc(S(=O)(=O)N(C)C)ccc1N1CCCCC1)C(=O)O. The number of nitrogens with zero attached hydrogens (tertiary/aromatic N) is 2. The van der Waals surface area contributed by atoms with Crippen molar-refractivity contribution in [3.63, 3.8) is 0 Å². The first-order valence-electron chi connectivity index (χ1n) is 8.50. The number of carbonyl (C=O) groups excluding carboxylic acids is 1. The van der Waals surface area contributed by atoms with Crippen LogP contribution in [0.15, 0.2) is 23.1 Å². The van der Waals surface area contributed by atoms with Crippen LogP contribution in [0.2, 0.25) is 0 Å². The highest BCUT2D eigenvalue weighted by Gasteiger charge is 2.25. The average Bonchev–Trinajstić information content (AvgIpc) is 2.61. The Morgan fingerprint density at radius 3 is 2.35 bits per heavy atom. The summed E-state index contributed by atoms with van der Waals surface area (Å²) in [5.41, 5.74) is 0.792. The summed E-state index contributed by atoms with van der Waals surface area (Å²) >= 11 is 0. The third-order valence-corrected chi connectivity index (χ3v) is 6.22. The minimum Gasteiger partial charge on any atom is -0.480 e. The molecule has 0 spiro atoms. The third-order valence-electron chi connectivity index (χ3n) is 4.41. The Morgan fingerprint density at radius 2 is 1.81 bits per heavy atom. The number of carbonyl (C=O) groups is 2. The summed E-state index contributed by atoms with van der Waals surface area (Å²) in [6.45, 7) is 2.91. The van der Waals surface area contributed by atoms with E-state index in [-0.39, 0.29) is 10.5 Å². The van der Waals surface area contributed by atoms with Gasteiger partial charge in [-0.05, 0) is 44.4 Å². The molecule has 0 aliphatic carbocycles. The number of nitrogens with one attached hydrogen (secondary N) is 1. The Morgan fingerprint density at radius 1 is 1.19 bits per heavy atom. The highest BCUT2D eigenvalue weighted by molar-refractivity contribution is 7.89. The van der Waals surface area contributed by atoms with Crippen LogP contribution in [0.1, 0.15) is 36.5 Å². The summed E-state index contributed by atoms with van der Waals surface area (Å²) in [7, 11) is -0.873. The zero-order valence-corrected chi connectivity index (χ0v) is 16.0.